The predicted octanol–water partition coefficient (Wildman–Crippen LogP) is 0.293. The normalized spacial score (nSPS) is 12.4. The van der Waals surface area contributed by atoms with Gasteiger partial charge in [0.1, 0.15) is 11.5 Å². The quantitative estimate of drug-likeness (QED) is 0.446. The first kappa shape index (κ1) is 10.9. The summed E-state index contributed by atoms with van der Waals surface area (Å²) in [6.07, 6.45) is 1.42. The molecule has 0 unspecified atom stereocenters. The number of rotatable bonds is 3. The molecule has 0 amide bonds. The number of aromatic nitrogens is 2. The lowest BCUT2D eigenvalue weighted by atomic mass is 10.4. The highest BCUT2D eigenvalue weighted by Crippen LogP contribution is 2.04. The predicted molar refractivity (Wildman–Crippen MR) is 60.5 cm³/mol. The minimum atomic E-state index is 0.0169. The van der Waals surface area contributed by atoms with Gasteiger partial charge in [-0.3, -0.25) is 0 Å². The first-order chi connectivity index (χ1) is 8.16. The van der Waals surface area contributed by atoms with Crippen molar-refractivity contribution in [1.82, 2.24) is 10.3 Å². The molecule has 0 saturated heterocycles. The first-order valence-corrected chi connectivity index (χ1v) is 4.68. The fourth-order valence-electron chi connectivity index (χ4n) is 1.09. The fourth-order valence-corrected chi connectivity index (χ4v) is 1.09. The number of hydrogen-bond acceptors (Lipinski definition) is 7. The number of furan rings is 1. The van der Waals surface area contributed by atoms with Gasteiger partial charge in [-0.15, -0.1) is 5.10 Å². The summed E-state index contributed by atoms with van der Waals surface area (Å²) in [6.45, 7) is 1.83. The highest BCUT2D eigenvalue weighted by atomic mass is 16.6. The lowest BCUT2D eigenvalue weighted by Crippen LogP contribution is -2.15. The smallest absolute Gasteiger partial charge is 0.199 e. The molecule has 0 bridgehead atoms. The van der Waals surface area contributed by atoms with Gasteiger partial charge in [-0.25, -0.2) is 4.63 Å². The topological polar surface area (TPSA) is 129 Å². The number of aryl methyl sites for hydroxylation is 1. The maximum Gasteiger partial charge on any atom is 0.199 e. The molecule has 0 aliphatic heterocycles. The lowest BCUT2D eigenvalue weighted by Gasteiger charge is -1.90. The summed E-state index contributed by atoms with van der Waals surface area (Å²) < 4.78 is 9.63. The minimum absolute atomic E-state index is 0.0169. The largest absolute Gasteiger partial charge is 0.460 e. The van der Waals surface area contributed by atoms with Crippen molar-refractivity contribution in [2.24, 2.45) is 15.9 Å². The van der Waals surface area contributed by atoms with Gasteiger partial charge >= 0.3 is 0 Å². The van der Waals surface area contributed by atoms with Gasteiger partial charge in [0.2, 0.25) is 0 Å². The van der Waals surface area contributed by atoms with Gasteiger partial charge in [0.05, 0.1) is 6.21 Å². The van der Waals surface area contributed by atoms with Crippen LogP contribution in [-0.2, 0) is 0 Å². The van der Waals surface area contributed by atoms with E-state index in [2.05, 4.69) is 25.1 Å². The lowest BCUT2D eigenvalue weighted by molar-refractivity contribution is 0.308. The monoisotopic (exact) mass is 234 g/mol. The Balaban J connectivity index is 2.11. The molecule has 2 rings (SSSR count). The number of anilines is 1. The maximum atomic E-state index is 5.57. The number of amidine groups is 1. The van der Waals surface area contributed by atoms with Gasteiger partial charge < -0.3 is 15.9 Å². The maximum absolute atomic E-state index is 5.57. The van der Waals surface area contributed by atoms with Crippen LogP contribution in [0.15, 0.2) is 31.4 Å². The summed E-state index contributed by atoms with van der Waals surface area (Å²) in [4.78, 5) is 0. The molecule has 0 spiro atoms. The van der Waals surface area contributed by atoms with Crippen LogP contribution in [0.2, 0.25) is 0 Å². The van der Waals surface area contributed by atoms with Gasteiger partial charge in [-0.2, -0.15) is 5.10 Å². The van der Waals surface area contributed by atoms with E-state index in [0.29, 0.717) is 5.76 Å². The second-order valence-corrected chi connectivity index (χ2v) is 3.18. The van der Waals surface area contributed by atoms with Gasteiger partial charge in [-0.1, -0.05) is 0 Å². The molecule has 8 heteroatoms. The molecule has 0 saturated carbocycles. The summed E-state index contributed by atoms with van der Waals surface area (Å²) in [5, 5.41) is 14.3. The second-order valence-electron chi connectivity index (χ2n) is 3.18. The molecule has 2 aromatic rings. The van der Waals surface area contributed by atoms with Crippen molar-refractivity contribution < 1.29 is 9.05 Å². The zero-order chi connectivity index (χ0) is 12.3. The van der Waals surface area contributed by atoms with Crippen LogP contribution >= 0.6 is 0 Å². The highest BCUT2D eigenvalue weighted by Gasteiger charge is 2.09. The molecule has 17 heavy (non-hydrogen) atoms. The van der Waals surface area contributed by atoms with Gasteiger partial charge in [0.25, 0.3) is 0 Å². The molecule has 0 radical (unpaired) electrons. The van der Waals surface area contributed by atoms with Gasteiger partial charge in [0.15, 0.2) is 17.3 Å². The third-order valence-corrected chi connectivity index (χ3v) is 1.87. The molecule has 8 nitrogen and oxygen atoms in total. The average molecular weight is 234 g/mol. The van der Waals surface area contributed by atoms with Crippen LogP contribution in [0.3, 0.4) is 0 Å². The Morgan fingerprint density at radius 1 is 1.41 bits per heavy atom. The number of nitrogen functional groups attached to an aromatic ring is 1. The van der Waals surface area contributed by atoms with Gasteiger partial charge in [-0.05, 0) is 29.4 Å². The zero-order valence-electron chi connectivity index (χ0n) is 8.99. The van der Waals surface area contributed by atoms with E-state index in [1.54, 1.807) is 6.07 Å². The van der Waals surface area contributed by atoms with E-state index < -0.39 is 0 Å². The van der Waals surface area contributed by atoms with Crippen LogP contribution < -0.4 is 11.5 Å². The number of hydrogen-bond donors (Lipinski definition) is 2. The van der Waals surface area contributed by atoms with E-state index in [4.69, 9.17) is 15.9 Å². The third-order valence-electron chi connectivity index (χ3n) is 1.87. The van der Waals surface area contributed by atoms with E-state index >= 15 is 0 Å². The summed E-state index contributed by atoms with van der Waals surface area (Å²) in [6, 6.07) is 3.57. The Kier molecular flexibility index (Phi) is 2.86. The summed E-state index contributed by atoms with van der Waals surface area (Å²) in [5.74, 6) is 1.44. The van der Waals surface area contributed by atoms with E-state index in [1.807, 2.05) is 13.0 Å². The standard InChI is InChI=1S/C9H10N6O2/c1-5-2-3-6(16-5)4-12-13-8(10)7-9(11)15-17-14-7/h2-4H,1H3,(H2,10,13)(H2,11,15). The summed E-state index contributed by atoms with van der Waals surface area (Å²) in [7, 11) is 0. The Morgan fingerprint density at radius 3 is 2.82 bits per heavy atom. The first-order valence-electron chi connectivity index (χ1n) is 4.68. The Hall–Kier alpha value is -2.64. The van der Waals surface area contributed by atoms with Crippen LogP contribution in [0.4, 0.5) is 5.82 Å². The van der Waals surface area contributed by atoms with E-state index in [9.17, 15) is 0 Å². The SMILES string of the molecule is Cc1ccc(C=N/N=C(\N)c2nonc2N)o1. The Morgan fingerprint density at radius 2 is 2.24 bits per heavy atom. The van der Waals surface area contributed by atoms with E-state index in [0.717, 1.165) is 5.76 Å². The van der Waals surface area contributed by atoms with Crippen molar-refractivity contribution >= 4 is 17.9 Å². The minimum Gasteiger partial charge on any atom is -0.460 e. The van der Waals surface area contributed by atoms with Crippen molar-refractivity contribution in [3.63, 3.8) is 0 Å². The van der Waals surface area contributed by atoms with E-state index in [-0.39, 0.29) is 17.3 Å². The Labute approximate surface area is 96.0 Å². The summed E-state index contributed by atoms with van der Waals surface area (Å²) >= 11 is 0. The highest BCUT2D eigenvalue weighted by molar-refractivity contribution is 5.99. The molecule has 0 atom stereocenters. The molecular formula is C9H10N6O2. The molecular weight excluding hydrogens is 224 g/mol. The van der Waals surface area contributed by atoms with Crippen LogP contribution in [0.5, 0.6) is 0 Å². The van der Waals surface area contributed by atoms with Crippen molar-refractivity contribution in [3.8, 4) is 0 Å². The number of nitrogens with zero attached hydrogens (tertiary/aromatic N) is 4. The average Bonchev–Trinajstić information content (AvgIpc) is 2.87. The molecule has 0 aromatic carbocycles. The van der Waals surface area contributed by atoms with Crippen molar-refractivity contribution in [2.75, 3.05) is 5.73 Å². The second kappa shape index (κ2) is 4.47. The zero-order valence-corrected chi connectivity index (χ0v) is 8.99. The van der Waals surface area contributed by atoms with Gasteiger partial charge in [0, 0.05) is 0 Å². The molecule has 4 N–H and O–H groups in total. The third kappa shape index (κ3) is 2.48. The van der Waals surface area contributed by atoms with Crippen LogP contribution in [-0.4, -0.2) is 22.4 Å². The molecule has 0 fully saturated rings. The molecule has 2 aromatic heterocycles. The molecule has 88 valence electrons. The summed E-state index contributed by atoms with van der Waals surface area (Å²) in [5.41, 5.74) is 11.2. The van der Waals surface area contributed by atoms with Crippen molar-refractivity contribution in [2.45, 2.75) is 6.92 Å². The fraction of sp³-hybridized carbons (Fsp3) is 0.111. The van der Waals surface area contributed by atoms with Crippen LogP contribution in [0.1, 0.15) is 17.2 Å². The molecule has 0 aliphatic rings. The van der Waals surface area contributed by atoms with Crippen LogP contribution in [0.25, 0.3) is 0 Å². The molecule has 2 heterocycles. The van der Waals surface area contributed by atoms with Crippen molar-refractivity contribution in [1.29, 1.82) is 0 Å². The number of nitrogens with two attached hydrogens (primary N) is 2. The van der Waals surface area contributed by atoms with Crippen LogP contribution in [0, 0.1) is 6.92 Å². The Bertz CT molecular complexity index is 568. The molecule has 0 aliphatic carbocycles. The van der Waals surface area contributed by atoms with E-state index in [1.165, 1.54) is 6.21 Å². The van der Waals surface area contributed by atoms with Crippen molar-refractivity contribution in [3.05, 3.63) is 29.3 Å².